The van der Waals surface area contributed by atoms with Gasteiger partial charge in [-0.05, 0) is 30.7 Å². The molecular weight excluding hydrogens is 376 g/mol. The summed E-state index contributed by atoms with van der Waals surface area (Å²) >= 11 is 3.37. The zero-order valence-corrected chi connectivity index (χ0v) is 14.6. The van der Waals surface area contributed by atoms with Crippen LogP contribution in [0.1, 0.15) is 28.5 Å². The number of halogens is 1. The summed E-state index contributed by atoms with van der Waals surface area (Å²) in [4.78, 5) is 23.6. The van der Waals surface area contributed by atoms with Crippen LogP contribution in [0.5, 0.6) is 0 Å². The Kier molecular flexibility index (Phi) is 5.81. The summed E-state index contributed by atoms with van der Waals surface area (Å²) in [6, 6.07) is 9.04. The zero-order chi connectivity index (χ0) is 17.7. The predicted molar refractivity (Wildman–Crippen MR) is 93.4 cm³/mol. The molecule has 1 aromatic heterocycles. The summed E-state index contributed by atoms with van der Waals surface area (Å²) in [7, 11) is 0. The maximum Gasteiger partial charge on any atom is 0.341 e. The van der Waals surface area contributed by atoms with Crippen molar-refractivity contribution >= 4 is 33.4 Å². The summed E-state index contributed by atoms with van der Waals surface area (Å²) < 4.78 is 7.59. The van der Waals surface area contributed by atoms with E-state index in [0.29, 0.717) is 6.54 Å². The third-order valence-corrected chi connectivity index (χ3v) is 3.91. The topological polar surface area (TPSA) is 94.6 Å². The van der Waals surface area contributed by atoms with Gasteiger partial charge in [0.1, 0.15) is 0 Å². The fourth-order valence-corrected chi connectivity index (χ4v) is 2.58. The molecule has 7 heteroatoms. The van der Waals surface area contributed by atoms with E-state index in [1.54, 1.807) is 17.7 Å². The summed E-state index contributed by atoms with van der Waals surface area (Å²) in [6.07, 6.45) is 2.70. The number of carboxylic acid groups (broad SMARTS) is 1. The van der Waals surface area contributed by atoms with Crippen molar-refractivity contribution in [2.24, 2.45) is 5.73 Å². The Balaban J connectivity index is 2.47. The lowest BCUT2D eigenvalue weighted by Crippen LogP contribution is -2.15. The van der Waals surface area contributed by atoms with E-state index < -0.39 is 11.9 Å². The lowest BCUT2D eigenvalue weighted by Gasteiger charge is -2.13. The van der Waals surface area contributed by atoms with Crippen LogP contribution < -0.4 is 5.73 Å². The Bertz CT molecular complexity index is 778. The molecule has 0 saturated carbocycles. The van der Waals surface area contributed by atoms with Gasteiger partial charge in [-0.25, -0.2) is 9.59 Å². The molecule has 1 aromatic carbocycles. The minimum Gasteiger partial charge on any atom is -0.478 e. The lowest BCUT2D eigenvalue weighted by molar-refractivity contribution is -0.136. The Morgan fingerprint density at radius 1 is 1.29 bits per heavy atom. The van der Waals surface area contributed by atoms with Crippen LogP contribution in [0.15, 0.2) is 47.2 Å². The molecule has 0 spiro atoms. The number of rotatable bonds is 6. The Morgan fingerprint density at radius 2 is 1.96 bits per heavy atom. The molecule has 3 N–H and O–H groups in total. The average Bonchev–Trinajstić information content (AvgIpc) is 2.94. The van der Waals surface area contributed by atoms with Crippen molar-refractivity contribution in [3.05, 3.63) is 64.0 Å². The molecule has 0 aliphatic heterocycles. The molecule has 0 fully saturated rings. The van der Waals surface area contributed by atoms with Crippen LogP contribution in [0, 0.1) is 0 Å². The predicted octanol–water partition coefficient (Wildman–Crippen LogP) is 2.86. The van der Waals surface area contributed by atoms with Gasteiger partial charge in [-0.15, -0.1) is 0 Å². The zero-order valence-electron chi connectivity index (χ0n) is 13.0. The van der Waals surface area contributed by atoms with Crippen molar-refractivity contribution in [1.29, 1.82) is 0 Å². The van der Waals surface area contributed by atoms with Gasteiger partial charge in [0.2, 0.25) is 0 Å². The molecule has 2 aromatic rings. The number of aromatic nitrogens is 1. The highest BCUT2D eigenvalue weighted by atomic mass is 79.9. The molecule has 2 rings (SSSR count). The number of benzene rings is 1. The molecule has 24 heavy (non-hydrogen) atoms. The van der Waals surface area contributed by atoms with Crippen LogP contribution >= 0.6 is 15.9 Å². The van der Waals surface area contributed by atoms with Crippen LogP contribution in [0.25, 0.3) is 5.57 Å². The molecular formula is C17H17BrN2O4. The third-order valence-electron chi connectivity index (χ3n) is 3.38. The van der Waals surface area contributed by atoms with E-state index in [2.05, 4.69) is 15.9 Å². The second-order valence-electron chi connectivity index (χ2n) is 4.94. The molecule has 1 heterocycles. The second kappa shape index (κ2) is 7.83. The molecule has 0 atom stereocenters. The summed E-state index contributed by atoms with van der Waals surface area (Å²) in [5.74, 6) is -1.79. The number of aromatic carboxylic acids is 1. The molecule has 0 amide bonds. The number of carbonyl (C=O) groups is 2. The molecule has 126 valence electrons. The number of hydrogen-bond acceptors (Lipinski definition) is 4. The Hall–Kier alpha value is -2.54. The maximum absolute atomic E-state index is 12.1. The minimum absolute atomic E-state index is 0.00290. The van der Waals surface area contributed by atoms with Gasteiger partial charge in [0.05, 0.1) is 23.4 Å². The molecule has 0 saturated heterocycles. The maximum atomic E-state index is 12.1. The van der Waals surface area contributed by atoms with Crippen LogP contribution in [0.3, 0.4) is 0 Å². The quantitative estimate of drug-likeness (QED) is 0.582. The third kappa shape index (κ3) is 3.86. The fourth-order valence-electron chi connectivity index (χ4n) is 2.32. The first kappa shape index (κ1) is 17.8. The van der Waals surface area contributed by atoms with Gasteiger partial charge in [-0.2, -0.15) is 0 Å². The van der Waals surface area contributed by atoms with Gasteiger partial charge in [-0.1, -0.05) is 28.1 Å². The number of carboxylic acids is 1. The van der Waals surface area contributed by atoms with Crippen LogP contribution in [0.2, 0.25) is 0 Å². The highest BCUT2D eigenvalue weighted by molar-refractivity contribution is 9.10. The normalized spacial score (nSPS) is 11.3. The van der Waals surface area contributed by atoms with E-state index >= 15 is 0 Å². The van der Waals surface area contributed by atoms with Gasteiger partial charge in [0.15, 0.2) is 0 Å². The van der Waals surface area contributed by atoms with E-state index in [4.69, 9.17) is 10.5 Å². The summed E-state index contributed by atoms with van der Waals surface area (Å²) in [5, 5.41) is 9.40. The largest absolute Gasteiger partial charge is 0.478 e. The number of ether oxygens (including phenoxy) is 1. The van der Waals surface area contributed by atoms with E-state index in [9.17, 15) is 14.7 Å². The van der Waals surface area contributed by atoms with Gasteiger partial charge in [0.25, 0.3) is 0 Å². The monoisotopic (exact) mass is 392 g/mol. The van der Waals surface area contributed by atoms with Crippen molar-refractivity contribution in [3.63, 3.8) is 0 Å². The summed E-state index contributed by atoms with van der Waals surface area (Å²) in [5.41, 5.74) is 6.77. The smallest absolute Gasteiger partial charge is 0.341 e. The van der Waals surface area contributed by atoms with Gasteiger partial charge < -0.3 is 20.1 Å². The van der Waals surface area contributed by atoms with E-state index in [1.807, 2.05) is 24.3 Å². The van der Waals surface area contributed by atoms with Gasteiger partial charge in [0, 0.05) is 23.4 Å². The number of hydrogen-bond donors (Lipinski definition) is 2. The molecule has 0 bridgehead atoms. The fraction of sp³-hybridized carbons (Fsp3) is 0.176. The average molecular weight is 393 g/mol. The van der Waals surface area contributed by atoms with Gasteiger partial charge >= 0.3 is 11.9 Å². The molecule has 6 nitrogen and oxygen atoms in total. The highest BCUT2D eigenvalue weighted by Gasteiger charge is 2.24. The molecule has 0 unspecified atom stereocenters. The second-order valence-corrected chi connectivity index (χ2v) is 5.85. The van der Waals surface area contributed by atoms with Crippen molar-refractivity contribution in [2.75, 3.05) is 6.61 Å². The summed E-state index contributed by atoms with van der Waals surface area (Å²) in [6.45, 7) is 2.24. The first-order valence-corrected chi connectivity index (χ1v) is 8.03. The van der Waals surface area contributed by atoms with Crippen molar-refractivity contribution < 1.29 is 19.4 Å². The van der Waals surface area contributed by atoms with Crippen LogP contribution in [0.4, 0.5) is 0 Å². The van der Waals surface area contributed by atoms with E-state index in [1.165, 1.54) is 6.07 Å². The number of carbonyl (C=O) groups excluding carboxylic acids is 1. The number of esters is 1. The molecule has 0 radical (unpaired) electrons. The SMILES string of the molecule is CCOC(=O)/C(=C\N)c1c(C(=O)O)ccn1Cc1ccc(Br)cc1. The van der Waals surface area contributed by atoms with E-state index in [0.717, 1.165) is 16.2 Å². The van der Waals surface area contributed by atoms with Crippen LogP contribution in [-0.4, -0.2) is 28.2 Å². The first-order valence-electron chi connectivity index (χ1n) is 7.24. The van der Waals surface area contributed by atoms with Crippen molar-refractivity contribution in [3.8, 4) is 0 Å². The van der Waals surface area contributed by atoms with Gasteiger partial charge in [-0.3, -0.25) is 0 Å². The van der Waals surface area contributed by atoms with E-state index in [-0.39, 0.29) is 23.4 Å². The van der Waals surface area contributed by atoms with Crippen molar-refractivity contribution in [2.45, 2.75) is 13.5 Å². The Morgan fingerprint density at radius 3 is 2.50 bits per heavy atom. The Labute approximate surface area is 147 Å². The lowest BCUT2D eigenvalue weighted by atomic mass is 10.1. The number of nitrogens with two attached hydrogens (primary N) is 1. The van der Waals surface area contributed by atoms with Crippen LogP contribution in [-0.2, 0) is 16.1 Å². The molecule has 0 aliphatic rings. The standard InChI is InChI=1S/C17H17BrN2O4/c1-2-24-17(23)14(9-19)15-13(16(21)22)7-8-20(15)10-11-3-5-12(18)6-4-11/h3-9H,2,10,19H2,1H3,(H,21,22)/b14-9-. The highest BCUT2D eigenvalue weighted by Crippen LogP contribution is 2.23. The number of nitrogens with zero attached hydrogens (tertiary/aromatic N) is 1. The van der Waals surface area contributed by atoms with Crippen molar-refractivity contribution in [1.82, 2.24) is 4.57 Å². The first-order chi connectivity index (χ1) is 11.5. The molecule has 0 aliphatic carbocycles. The minimum atomic E-state index is -1.14.